The summed E-state index contributed by atoms with van der Waals surface area (Å²) < 4.78 is 1.77. The third-order valence-corrected chi connectivity index (χ3v) is 2.80. The van der Waals surface area contributed by atoms with Gasteiger partial charge in [-0.3, -0.25) is 9.78 Å². The van der Waals surface area contributed by atoms with Gasteiger partial charge >= 0.3 is 0 Å². The van der Waals surface area contributed by atoms with Crippen molar-refractivity contribution in [3.63, 3.8) is 0 Å². The van der Waals surface area contributed by atoms with E-state index in [0.29, 0.717) is 11.5 Å². The molecule has 1 saturated carbocycles. The molecule has 2 aromatic heterocycles. The Kier molecular flexibility index (Phi) is 2.06. The number of rotatable bonds is 3. The van der Waals surface area contributed by atoms with Crippen molar-refractivity contribution in [2.24, 2.45) is 0 Å². The van der Waals surface area contributed by atoms with Gasteiger partial charge in [0.1, 0.15) is 0 Å². The second kappa shape index (κ2) is 3.56. The molecule has 0 bridgehead atoms. The van der Waals surface area contributed by atoms with Crippen LogP contribution in [0.3, 0.4) is 0 Å². The standard InChI is InChI=1S/C12H11N3O/c16-8-9-3-12(6-13-4-9)15-7-11(5-14-15)10-1-2-10/h3-8,10H,1-2H2. The van der Waals surface area contributed by atoms with Crippen molar-refractivity contribution in [2.45, 2.75) is 18.8 Å². The molecule has 1 fully saturated rings. The number of aldehydes is 1. The number of carbonyl (C=O) groups excluding carboxylic acids is 1. The molecule has 2 heterocycles. The SMILES string of the molecule is O=Cc1cncc(-n2cc(C3CC3)cn2)c1. The van der Waals surface area contributed by atoms with Crippen molar-refractivity contribution >= 4 is 6.29 Å². The highest BCUT2D eigenvalue weighted by molar-refractivity contribution is 5.75. The lowest BCUT2D eigenvalue weighted by Crippen LogP contribution is -1.96. The van der Waals surface area contributed by atoms with E-state index in [2.05, 4.69) is 10.1 Å². The molecule has 0 amide bonds. The summed E-state index contributed by atoms with van der Waals surface area (Å²) in [5.74, 6) is 0.691. The molecule has 0 aromatic carbocycles. The lowest BCUT2D eigenvalue weighted by Gasteiger charge is -2.00. The molecule has 1 aliphatic carbocycles. The minimum atomic E-state index is 0.570. The summed E-state index contributed by atoms with van der Waals surface area (Å²) in [7, 11) is 0. The normalized spacial score (nSPS) is 15.0. The molecule has 4 nitrogen and oxygen atoms in total. The predicted octanol–water partition coefficient (Wildman–Crippen LogP) is 1.96. The van der Waals surface area contributed by atoms with Crippen molar-refractivity contribution in [1.82, 2.24) is 14.8 Å². The van der Waals surface area contributed by atoms with Crippen LogP contribution < -0.4 is 0 Å². The Morgan fingerprint density at radius 2 is 2.19 bits per heavy atom. The minimum absolute atomic E-state index is 0.570. The summed E-state index contributed by atoms with van der Waals surface area (Å²) in [6, 6.07) is 1.78. The van der Waals surface area contributed by atoms with E-state index < -0.39 is 0 Å². The maximum Gasteiger partial charge on any atom is 0.151 e. The van der Waals surface area contributed by atoms with Crippen LogP contribution in [0.25, 0.3) is 5.69 Å². The summed E-state index contributed by atoms with van der Waals surface area (Å²) in [6.07, 6.45) is 10.5. The molecule has 80 valence electrons. The smallest absolute Gasteiger partial charge is 0.151 e. The van der Waals surface area contributed by atoms with Crippen molar-refractivity contribution in [1.29, 1.82) is 0 Å². The van der Waals surface area contributed by atoms with Crippen molar-refractivity contribution < 1.29 is 4.79 Å². The van der Waals surface area contributed by atoms with Gasteiger partial charge in [0.15, 0.2) is 6.29 Å². The average molecular weight is 213 g/mol. The molecule has 4 heteroatoms. The first-order valence-corrected chi connectivity index (χ1v) is 5.32. The van der Waals surface area contributed by atoms with Gasteiger partial charge in [-0.2, -0.15) is 5.10 Å². The van der Waals surface area contributed by atoms with Crippen molar-refractivity contribution in [3.05, 3.63) is 42.0 Å². The summed E-state index contributed by atoms with van der Waals surface area (Å²) in [5.41, 5.74) is 2.67. The van der Waals surface area contributed by atoms with Gasteiger partial charge < -0.3 is 0 Å². The Bertz CT molecular complexity index is 529. The van der Waals surface area contributed by atoms with Gasteiger partial charge in [0.25, 0.3) is 0 Å². The molecule has 16 heavy (non-hydrogen) atoms. The van der Waals surface area contributed by atoms with Crippen molar-refractivity contribution in [2.75, 3.05) is 0 Å². The number of hydrogen-bond acceptors (Lipinski definition) is 3. The third kappa shape index (κ3) is 1.62. The minimum Gasteiger partial charge on any atom is -0.298 e. The van der Waals surface area contributed by atoms with E-state index in [1.54, 1.807) is 23.1 Å². The van der Waals surface area contributed by atoms with E-state index >= 15 is 0 Å². The summed E-state index contributed by atoms with van der Waals surface area (Å²) in [5, 5.41) is 4.28. The van der Waals surface area contributed by atoms with E-state index in [1.807, 2.05) is 12.4 Å². The van der Waals surface area contributed by atoms with Crippen LogP contribution in [0.5, 0.6) is 0 Å². The first kappa shape index (κ1) is 9.27. The molecule has 0 aliphatic heterocycles. The molecule has 0 atom stereocenters. The zero-order valence-corrected chi connectivity index (χ0v) is 8.71. The van der Waals surface area contributed by atoms with Crippen LogP contribution in [0.15, 0.2) is 30.9 Å². The Hall–Kier alpha value is -1.97. The quantitative estimate of drug-likeness (QED) is 0.732. The Labute approximate surface area is 92.9 Å². The molecular weight excluding hydrogens is 202 g/mol. The van der Waals surface area contributed by atoms with Crippen LogP contribution in [-0.2, 0) is 0 Å². The van der Waals surface area contributed by atoms with Crippen LogP contribution in [0, 0.1) is 0 Å². The molecule has 0 spiro atoms. The number of nitrogens with zero attached hydrogens (tertiary/aromatic N) is 3. The molecular formula is C12H11N3O. The molecule has 0 radical (unpaired) electrons. The molecule has 0 unspecified atom stereocenters. The third-order valence-electron chi connectivity index (χ3n) is 2.80. The predicted molar refractivity (Wildman–Crippen MR) is 58.7 cm³/mol. The molecule has 2 aromatic rings. The maximum atomic E-state index is 10.6. The van der Waals surface area contributed by atoms with Crippen molar-refractivity contribution in [3.8, 4) is 5.69 Å². The molecule has 0 saturated heterocycles. The van der Waals surface area contributed by atoms with Crippen LogP contribution in [0.2, 0.25) is 0 Å². The van der Waals surface area contributed by atoms with Crippen LogP contribution >= 0.6 is 0 Å². The van der Waals surface area contributed by atoms with Gasteiger partial charge in [-0.05, 0) is 30.4 Å². The fraction of sp³-hybridized carbons (Fsp3) is 0.250. The van der Waals surface area contributed by atoms with Crippen LogP contribution in [0.4, 0.5) is 0 Å². The topological polar surface area (TPSA) is 47.8 Å². The highest BCUT2D eigenvalue weighted by Gasteiger charge is 2.24. The monoisotopic (exact) mass is 213 g/mol. The maximum absolute atomic E-state index is 10.6. The Morgan fingerprint density at radius 1 is 1.31 bits per heavy atom. The first-order valence-electron chi connectivity index (χ1n) is 5.32. The van der Waals surface area contributed by atoms with Crippen LogP contribution in [-0.4, -0.2) is 21.1 Å². The first-order chi connectivity index (χ1) is 7.86. The van der Waals surface area contributed by atoms with Gasteiger partial charge in [-0.15, -0.1) is 0 Å². The highest BCUT2D eigenvalue weighted by Crippen LogP contribution is 2.39. The average Bonchev–Trinajstić information content (AvgIpc) is 3.07. The fourth-order valence-electron chi connectivity index (χ4n) is 1.74. The summed E-state index contributed by atoms with van der Waals surface area (Å²) >= 11 is 0. The van der Waals surface area contributed by atoms with Gasteiger partial charge in [-0.1, -0.05) is 0 Å². The highest BCUT2D eigenvalue weighted by atomic mass is 16.1. The lowest BCUT2D eigenvalue weighted by atomic mass is 10.2. The largest absolute Gasteiger partial charge is 0.298 e. The van der Waals surface area contributed by atoms with E-state index in [-0.39, 0.29) is 0 Å². The Morgan fingerprint density at radius 3 is 2.94 bits per heavy atom. The van der Waals surface area contributed by atoms with Gasteiger partial charge in [0, 0.05) is 18.0 Å². The van der Waals surface area contributed by atoms with E-state index in [0.717, 1.165) is 12.0 Å². The molecule has 0 N–H and O–H groups in total. The summed E-state index contributed by atoms with van der Waals surface area (Å²) in [6.45, 7) is 0. The summed E-state index contributed by atoms with van der Waals surface area (Å²) in [4.78, 5) is 14.7. The second-order valence-electron chi connectivity index (χ2n) is 4.09. The Balaban J connectivity index is 1.96. The second-order valence-corrected chi connectivity index (χ2v) is 4.09. The number of pyridine rings is 1. The van der Waals surface area contributed by atoms with E-state index in [1.165, 1.54) is 18.4 Å². The van der Waals surface area contributed by atoms with E-state index in [4.69, 9.17) is 0 Å². The number of hydrogen-bond donors (Lipinski definition) is 0. The van der Waals surface area contributed by atoms with Gasteiger partial charge in [-0.25, -0.2) is 4.68 Å². The fourth-order valence-corrected chi connectivity index (χ4v) is 1.74. The lowest BCUT2D eigenvalue weighted by molar-refractivity contribution is 0.112. The molecule has 3 rings (SSSR count). The van der Waals surface area contributed by atoms with Gasteiger partial charge in [0.05, 0.1) is 18.1 Å². The zero-order valence-electron chi connectivity index (χ0n) is 8.71. The number of carbonyl (C=O) groups is 1. The molecule has 1 aliphatic rings. The van der Waals surface area contributed by atoms with E-state index in [9.17, 15) is 4.79 Å². The van der Waals surface area contributed by atoms with Gasteiger partial charge in [0.2, 0.25) is 0 Å². The van der Waals surface area contributed by atoms with Crippen LogP contribution in [0.1, 0.15) is 34.7 Å². The number of aromatic nitrogens is 3. The zero-order chi connectivity index (χ0) is 11.0.